The summed E-state index contributed by atoms with van der Waals surface area (Å²) in [5.74, 6) is 0. The third kappa shape index (κ3) is 10.9. The largest absolute Gasteiger partial charge is 0.310 e. The van der Waals surface area contributed by atoms with Gasteiger partial charge in [0.25, 0.3) is 6.71 Å². The second-order valence-corrected chi connectivity index (χ2v) is 30.8. The van der Waals surface area contributed by atoms with Crippen molar-refractivity contribution in [3.05, 3.63) is 356 Å². The van der Waals surface area contributed by atoms with Crippen LogP contribution < -0.4 is 26.2 Å². The highest BCUT2D eigenvalue weighted by molar-refractivity contribution is 7.01. The fourth-order valence-corrected chi connectivity index (χ4v) is 15.8. The molecule has 0 fully saturated rings. The van der Waals surface area contributed by atoms with Gasteiger partial charge in [0.2, 0.25) is 0 Å². The third-order valence-corrected chi connectivity index (χ3v) is 21.1. The van der Waals surface area contributed by atoms with Crippen LogP contribution in [0.4, 0.5) is 34.1 Å². The summed E-state index contributed by atoms with van der Waals surface area (Å²) in [6.07, 6.45) is 0. The summed E-state index contributed by atoms with van der Waals surface area (Å²) in [6.45, 7) is 17.4. The summed E-state index contributed by atoms with van der Waals surface area (Å²) in [7, 11) is 0. The summed E-state index contributed by atoms with van der Waals surface area (Å²) in [5.41, 5.74) is 7.25. The van der Waals surface area contributed by atoms with E-state index in [1.807, 2.05) is 186 Å². The number of fused-ring (bicyclic) bond motifs is 10. The molecule has 0 amide bonds. The fourth-order valence-electron chi connectivity index (χ4n) is 15.8. The molecule has 0 radical (unpaired) electrons. The predicted molar refractivity (Wildman–Crippen MR) is 458 cm³/mol. The zero-order chi connectivity index (χ0) is 90.9. The van der Waals surface area contributed by atoms with Gasteiger partial charge in [-0.25, -0.2) is 0 Å². The Hall–Kier alpha value is -12.4. The van der Waals surface area contributed by atoms with E-state index in [0.29, 0.717) is 72.7 Å². The van der Waals surface area contributed by atoms with Crippen LogP contribution in [0.1, 0.15) is 108 Å². The highest BCUT2D eigenvalue weighted by Gasteiger charge is 2.48. The number of benzene rings is 15. The van der Waals surface area contributed by atoms with Gasteiger partial charge in [0.05, 0.1) is 62.2 Å². The van der Waals surface area contributed by atoms with Crippen molar-refractivity contribution in [1.82, 2.24) is 9.13 Å². The molecular formula is C102H83BN4. The molecule has 0 bridgehead atoms. The molecule has 0 spiro atoms. The van der Waals surface area contributed by atoms with Gasteiger partial charge < -0.3 is 18.9 Å². The Kier molecular flexibility index (Phi) is 10.9. The molecule has 19 rings (SSSR count). The SMILES string of the molecule is [2H]c1c([2H])c(-n2c3c([2H])c([2H])c([2H])c([2H])c3c3c([2H])c([2H])c([2H])c([2H])c32)c([2H])c2c1B1c3c(cc(C(C)(C)C)cc3N(c3c(-c4ccccc4)cc(C(C)(C)C)cc3-c3ccccc3)c3c([2H])c(-n4c5c([2H])c([2H])c([2H])c([2H])c5c5c([2H])c([2H])c([2H])c([2H])c54)c([2H])c(-c4ccc(-c5ccccc5)cc4)c31)N2c1c(-c2ccccc2)cc(C(C)(C)C)cc1-c1ccccc1. The molecule has 0 aliphatic carbocycles. The van der Waals surface area contributed by atoms with Gasteiger partial charge in [-0.1, -0.05) is 317 Å². The molecule has 15 aromatic carbocycles. The van der Waals surface area contributed by atoms with Crippen LogP contribution in [0.2, 0.25) is 0 Å². The Morgan fingerprint density at radius 2 is 0.579 bits per heavy atom. The average Bonchev–Trinajstić information content (AvgIpc) is 0.824. The van der Waals surface area contributed by atoms with Crippen molar-refractivity contribution in [3.63, 3.8) is 0 Å². The molecule has 107 heavy (non-hydrogen) atoms. The lowest BCUT2D eigenvalue weighted by molar-refractivity contribution is 0.590. The second-order valence-electron chi connectivity index (χ2n) is 30.8. The molecule has 0 N–H and O–H groups in total. The van der Waals surface area contributed by atoms with E-state index in [-0.39, 0.29) is 60.4 Å². The summed E-state index contributed by atoms with van der Waals surface area (Å²) in [6, 6.07) is 54.6. The van der Waals surface area contributed by atoms with Gasteiger partial charge in [0.1, 0.15) is 0 Å². The highest BCUT2D eigenvalue weighted by atomic mass is 15.2. The lowest BCUT2D eigenvalue weighted by Gasteiger charge is -2.47. The Bertz CT molecular complexity index is 7380. The van der Waals surface area contributed by atoms with Crippen molar-refractivity contribution >= 4 is 101 Å². The van der Waals surface area contributed by atoms with Crippen molar-refractivity contribution in [3.8, 4) is 78.1 Å². The third-order valence-electron chi connectivity index (χ3n) is 21.1. The van der Waals surface area contributed by atoms with Crippen LogP contribution in [0.5, 0.6) is 0 Å². The second kappa shape index (κ2) is 25.1. The van der Waals surface area contributed by atoms with E-state index < -0.39 is 172 Å². The molecule has 0 saturated heterocycles. The first kappa shape index (κ1) is 46.4. The molecule has 5 heteroatoms. The van der Waals surface area contributed by atoms with Crippen LogP contribution in [0, 0.1) is 0 Å². The normalized spacial score (nSPS) is 15.6. The maximum atomic E-state index is 12.2. The topological polar surface area (TPSA) is 16.3 Å². The van der Waals surface area contributed by atoms with E-state index in [2.05, 4.69) is 98.7 Å². The zero-order valence-electron chi connectivity index (χ0n) is 81.6. The van der Waals surface area contributed by atoms with Crippen molar-refractivity contribution in [2.75, 3.05) is 9.80 Å². The van der Waals surface area contributed by atoms with Gasteiger partial charge >= 0.3 is 0 Å². The molecule has 2 aliphatic rings. The number of hydrogen-bond acceptors (Lipinski definition) is 2. The van der Waals surface area contributed by atoms with Gasteiger partial charge in [-0.2, -0.15) is 0 Å². The number of para-hydroxylation sites is 4. The Morgan fingerprint density at radius 1 is 0.271 bits per heavy atom. The molecule has 514 valence electrons. The highest BCUT2D eigenvalue weighted by Crippen LogP contribution is 2.56. The molecule has 4 nitrogen and oxygen atoms in total. The van der Waals surface area contributed by atoms with Crippen molar-refractivity contribution in [1.29, 1.82) is 0 Å². The minimum atomic E-state index is -1.56. The molecule has 0 unspecified atom stereocenters. The van der Waals surface area contributed by atoms with Gasteiger partial charge in [-0.3, -0.25) is 0 Å². The molecule has 17 aromatic rings. The van der Waals surface area contributed by atoms with Crippen LogP contribution in [-0.2, 0) is 16.2 Å². The van der Waals surface area contributed by atoms with Gasteiger partial charge in [-0.05, 0) is 179 Å². The first-order valence-corrected chi connectivity index (χ1v) is 36.1. The number of hydrogen-bond donors (Lipinski definition) is 0. The first-order chi connectivity index (χ1) is 60.8. The van der Waals surface area contributed by atoms with Crippen LogP contribution >= 0.6 is 0 Å². The van der Waals surface area contributed by atoms with E-state index in [0.717, 1.165) is 37.9 Å². The quantitative estimate of drug-likeness (QED) is 0.127. The number of anilines is 6. The van der Waals surface area contributed by atoms with Crippen molar-refractivity contribution < 1.29 is 28.8 Å². The van der Waals surface area contributed by atoms with E-state index in [4.69, 9.17) is 0 Å². The molecule has 2 aromatic heterocycles. The number of rotatable bonds is 10. The Morgan fingerprint density at radius 3 is 0.963 bits per heavy atom. The molecule has 4 heterocycles. The Balaban J connectivity index is 1.13. The van der Waals surface area contributed by atoms with E-state index >= 15 is 0 Å². The summed E-state index contributed by atoms with van der Waals surface area (Å²) >= 11 is 0. The lowest BCUT2D eigenvalue weighted by atomic mass is 9.32. The molecule has 0 atom stereocenters. The van der Waals surface area contributed by atoms with E-state index in [9.17, 15) is 28.8 Å². The van der Waals surface area contributed by atoms with Gasteiger partial charge in [0, 0.05) is 77.9 Å². The zero-order valence-corrected chi connectivity index (χ0v) is 60.6. The molecular weight excluding hydrogens is 1290 g/mol. The summed E-state index contributed by atoms with van der Waals surface area (Å²) in [4.78, 5) is 4.00. The van der Waals surface area contributed by atoms with Gasteiger partial charge in [-0.15, -0.1) is 0 Å². The first-order valence-electron chi connectivity index (χ1n) is 46.6. The van der Waals surface area contributed by atoms with E-state index in [1.165, 1.54) is 4.57 Å². The number of nitrogens with zero attached hydrogens (tertiary/aromatic N) is 4. The minimum Gasteiger partial charge on any atom is -0.310 e. The van der Waals surface area contributed by atoms with Crippen LogP contribution in [0.3, 0.4) is 0 Å². The maximum Gasteiger partial charge on any atom is 0.252 e. The lowest BCUT2D eigenvalue weighted by Crippen LogP contribution is -2.62. The maximum absolute atomic E-state index is 12.2. The average molecular weight is 1400 g/mol. The standard InChI is InChI=1S/C102H83BN4/c1-100(2,3)73-57-83(68-35-17-11-18-36-68)98(84(58-73)69-37-19-12-20-38-69)106-92-64-76(104-88-47-29-25-43-78(88)79-44-26-30-48-89(79)104)55-56-87(92)103-96-82(72-53-51-67(52-54-72)66-33-15-10-16-34-66)63-77(105-90-49-31-27-45-80(90)81-46-28-32-50-91(81)105)65-95(96)107(94-62-75(102(7,8)9)61-93(106)97(94)103)99-85(70-39-21-13-22-40-70)59-74(101(4,5)6)60-86(99)71-41-23-14-24-42-71/h10-65H,1-9H3/i25D,26D,27D,28D,29D,30D,31D,32D,43D,44D,45D,46D,47D,48D,49D,50D,55D,56D,63D,64D,65D. The monoisotopic (exact) mass is 1400 g/mol. The predicted octanol–water partition coefficient (Wildman–Crippen LogP) is 25.9. The van der Waals surface area contributed by atoms with Gasteiger partial charge in [0.15, 0.2) is 0 Å². The molecule has 2 aliphatic heterocycles. The van der Waals surface area contributed by atoms with Crippen molar-refractivity contribution in [2.45, 2.75) is 78.6 Å². The van der Waals surface area contributed by atoms with Crippen LogP contribution in [0.15, 0.2) is 339 Å². The van der Waals surface area contributed by atoms with E-state index in [1.54, 1.807) is 0 Å². The minimum absolute atomic E-state index is 0.0120. The van der Waals surface area contributed by atoms with Crippen LogP contribution in [-0.4, -0.2) is 15.8 Å². The van der Waals surface area contributed by atoms with Crippen LogP contribution in [0.25, 0.3) is 122 Å². The smallest absolute Gasteiger partial charge is 0.252 e. The Labute approximate surface area is 658 Å². The summed E-state index contributed by atoms with van der Waals surface area (Å²) < 4.78 is 216. The summed E-state index contributed by atoms with van der Waals surface area (Å²) in [5, 5.41) is -1.29. The number of aromatic nitrogens is 2. The molecule has 0 saturated carbocycles. The fraction of sp³-hybridized carbons (Fsp3) is 0.118. The van der Waals surface area contributed by atoms with Crippen molar-refractivity contribution in [2.24, 2.45) is 0 Å².